The predicted molar refractivity (Wildman–Crippen MR) is 96.5 cm³/mol. The van der Waals surface area contributed by atoms with Gasteiger partial charge in [-0.25, -0.2) is 0 Å². The molecule has 0 bridgehead atoms. The summed E-state index contributed by atoms with van der Waals surface area (Å²) in [4.78, 5) is 17.9. The van der Waals surface area contributed by atoms with Gasteiger partial charge in [0.2, 0.25) is 0 Å². The molecule has 0 spiro atoms. The molecule has 2 N–H and O–H groups in total. The van der Waals surface area contributed by atoms with Gasteiger partial charge in [-0.05, 0) is 12.1 Å². The summed E-state index contributed by atoms with van der Waals surface area (Å²) in [7, 11) is 1.91. The van der Waals surface area contributed by atoms with E-state index in [1.165, 1.54) is 5.69 Å². The van der Waals surface area contributed by atoms with Gasteiger partial charge < -0.3 is 10.1 Å². The minimum Gasteiger partial charge on any atom is -0.390 e. The lowest BCUT2D eigenvalue weighted by atomic mass is 10.0. The number of nitrogens with one attached hydrogen (secondary N) is 1. The Bertz CT molecular complexity index is 1010. The fourth-order valence-electron chi connectivity index (χ4n) is 3.60. The van der Waals surface area contributed by atoms with Crippen LogP contribution in [0.2, 0.25) is 5.02 Å². The van der Waals surface area contributed by atoms with Crippen molar-refractivity contribution in [1.82, 2.24) is 19.7 Å². The third kappa shape index (κ3) is 2.86. The highest BCUT2D eigenvalue weighted by Crippen LogP contribution is 2.24. The molecule has 0 amide bonds. The molecule has 3 aromatic rings. The number of aryl methyl sites for hydroxylation is 1. The summed E-state index contributed by atoms with van der Waals surface area (Å²) in [6.07, 6.45) is 0.872. The Morgan fingerprint density at radius 2 is 2.24 bits per heavy atom. The first-order valence-corrected chi connectivity index (χ1v) is 8.62. The number of hydrogen-bond acceptors (Lipinski definition) is 4. The predicted octanol–water partition coefficient (Wildman–Crippen LogP) is 1.97. The van der Waals surface area contributed by atoms with E-state index >= 15 is 0 Å². The van der Waals surface area contributed by atoms with Crippen LogP contribution in [0.4, 0.5) is 0 Å². The SMILES string of the molecule is Cn1nc(CO)c2c1CCN(Cc1cc(=O)c3cccc(Cl)c3[nH]1)C2. The molecule has 0 saturated carbocycles. The number of nitrogens with zero attached hydrogens (tertiary/aromatic N) is 3. The molecule has 25 heavy (non-hydrogen) atoms. The van der Waals surface area contributed by atoms with Crippen molar-refractivity contribution in [2.45, 2.75) is 26.1 Å². The Morgan fingerprint density at radius 1 is 1.40 bits per heavy atom. The van der Waals surface area contributed by atoms with Gasteiger partial charge in [0.05, 0.1) is 22.8 Å². The number of aromatic nitrogens is 3. The highest BCUT2D eigenvalue weighted by atomic mass is 35.5. The van der Waals surface area contributed by atoms with Gasteiger partial charge in [0, 0.05) is 61.5 Å². The number of aliphatic hydroxyl groups excluding tert-OH is 1. The number of H-pyrrole nitrogens is 1. The summed E-state index contributed by atoms with van der Waals surface area (Å²) in [6.45, 7) is 2.15. The first kappa shape index (κ1) is 16.3. The van der Waals surface area contributed by atoms with Crippen molar-refractivity contribution < 1.29 is 5.11 Å². The number of para-hydroxylation sites is 1. The smallest absolute Gasteiger partial charge is 0.189 e. The van der Waals surface area contributed by atoms with E-state index in [2.05, 4.69) is 15.0 Å². The number of aliphatic hydroxyl groups is 1. The molecule has 3 heterocycles. The van der Waals surface area contributed by atoms with Crippen LogP contribution >= 0.6 is 11.6 Å². The summed E-state index contributed by atoms with van der Waals surface area (Å²) in [5, 5.41) is 15.0. The molecule has 1 aromatic carbocycles. The maximum Gasteiger partial charge on any atom is 0.189 e. The van der Waals surface area contributed by atoms with E-state index in [1.807, 2.05) is 11.7 Å². The maximum absolute atomic E-state index is 12.4. The van der Waals surface area contributed by atoms with E-state index in [1.54, 1.807) is 24.3 Å². The van der Waals surface area contributed by atoms with Gasteiger partial charge in [-0.2, -0.15) is 5.10 Å². The largest absolute Gasteiger partial charge is 0.390 e. The molecule has 1 aliphatic heterocycles. The molecule has 130 valence electrons. The zero-order valence-corrected chi connectivity index (χ0v) is 14.7. The second-order valence-electron chi connectivity index (χ2n) is 6.44. The number of rotatable bonds is 3. The highest BCUT2D eigenvalue weighted by Gasteiger charge is 2.23. The molecule has 0 unspecified atom stereocenters. The van der Waals surface area contributed by atoms with Crippen LogP contribution in [0.3, 0.4) is 0 Å². The summed E-state index contributed by atoms with van der Waals surface area (Å²) in [5.74, 6) is 0. The minimum absolute atomic E-state index is 0.0265. The van der Waals surface area contributed by atoms with E-state index in [4.69, 9.17) is 11.6 Å². The van der Waals surface area contributed by atoms with Gasteiger partial charge in [0.15, 0.2) is 5.43 Å². The molecule has 0 saturated heterocycles. The quantitative estimate of drug-likeness (QED) is 0.750. The molecular formula is C18H19ClN4O2. The normalized spacial score (nSPS) is 14.8. The third-order valence-corrected chi connectivity index (χ3v) is 5.13. The molecule has 6 nitrogen and oxygen atoms in total. The van der Waals surface area contributed by atoms with Gasteiger partial charge in [0.1, 0.15) is 0 Å². The van der Waals surface area contributed by atoms with Crippen molar-refractivity contribution in [1.29, 1.82) is 0 Å². The van der Waals surface area contributed by atoms with Crippen LogP contribution in [-0.4, -0.2) is 31.3 Å². The zero-order valence-electron chi connectivity index (χ0n) is 13.9. The van der Waals surface area contributed by atoms with Gasteiger partial charge in [-0.1, -0.05) is 17.7 Å². The van der Waals surface area contributed by atoms with Crippen LogP contribution < -0.4 is 5.43 Å². The Hall–Kier alpha value is -2.15. The molecule has 0 radical (unpaired) electrons. The monoisotopic (exact) mass is 358 g/mol. The molecule has 0 atom stereocenters. The van der Waals surface area contributed by atoms with E-state index < -0.39 is 0 Å². The van der Waals surface area contributed by atoms with Crippen LogP contribution in [-0.2, 0) is 33.2 Å². The van der Waals surface area contributed by atoms with Gasteiger partial charge >= 0.3 is 0 Å². The molecule has 0 aliphatic carbocycles. The van der Waals surface area contributed by atoms with E-state index in [-0.39, 0.29) is 12.0 Å². The van der Waals surface area contributed by atoms with Gasteiger partial charge in [-0.15, -0.1) is 0 Å². The zero-order chi connectivity index (χ0) is 17.6. The Kier molecular flexibility index (Phi) is 4.11. The lowest BCUT2D eigenvalue weighted by Gasteiger charge is -2.27. The van der Waals surface area contributed by atoms with Crippen molar-refractivity contribution >= 4 is 22.5 Å². The fourth-order valence-corrected chi connectivity index (χ4v) is 3.82. The van der Waals surface area contributed by atoms with Crippen molar-refractivity contribution in [2.75, 3.05) is 6.54 Å². The van der Waals surface area contributed by atoms with Crippen LogP contribution in [0, 0.1) is 0 Å². The molecule has 1 aliphatic rings. The van der Waals surface area contributed by atoms with Crippen molar-refractivity contribution in [3.63, 3.8) is 0 Å². The van der Waals surface area contributed by atoms with Gasteiger partial charge in [0.25, 0.3) is 0 Å². The van der Waals surface area contributed by atoms with Crippen molar-refractivity contribution in [3.8, 4) is 0 Å². The number of halogens is 1. The number of fused-ring (bicyclic) bond motifs is 2. The molecule has 7 heteroatoms. The second-order valence-corrected chi connectivity index (χ2v) is 6.84. The minimum atomic E-state index is -0.0561. The van der Waals surface area contributed by atoms with Crippen molar-refractivity contribution in [3.05, 3.63) is 62.2 Å². The second kappa shape index (κ2) is 6.29. The molecule has 0 fully saturated rings. The standard InChI is InChI=1S/C18H19ClN4O2/c1-22-16-5-6-23(9-13(16)15(10-24)21-22)8-11-7-17(25)12-3-2-4-14(19)18(12)20-11/h2-4,7,24H,5-6,8-10H2,1H3,(H,20,25). The van der Waals surface area contributed by atoms with Gasteiger partial charge in [-0.3, -0.25) is 14.4 Å². The average Bonchev–Trinajstić information content (AvgIpc) is 2.91. The summed E-state index contributed by atoms with van der Waals surface area (Å²) < 4.78 is 1.86. The summed E-state index contributed by atoms with van der Waals surface area (Å²) >= 11 is 6.23. The van der Waals surface area contributed by atoms with Crippen LogP contribution in [0.15, 0.2) is 29.1 Å². The molecular weight excluding hydrogens is 340 g/mol. The number of hydrogen-bond donors (Lipinski definition) is 2. The van der Waals surface area contributed by atoms with Crippen LogP contribution in [0.5, 0.6) is 0 Å². The fraction of sp³-hybridized carbons (Fsp3) is 0.333. The third-order valence-electron chi connectivity index (χ3n) is 4.82. The lowest BCUT2D eigenvalue weighted by Crippen LogP contribution is -2.31. The Labute approximate surface area is 149 Å². The maximum atomic E-state index is 12.4. The first-order chi connectivity index (χ1) is 12.1. The van der Waals surface area contributed by atoms with Crippen LogP contribution in [0.1, 0.15) is 22.6 Å². The van der Waals surface area contributed by atoms with Crippen molar-refractivity contribution in [2.24, 2.45) is 7.05 Å². The molecule has 4 rings (SSSR count). The lowest BCUT2D eigenvalue weighted by molar-refractivity contribution is 0.234. The summed E-state index contributed by atoms with van der Waals surface area (Å²) in [6, 6.07) is 6.98. The first-order valence-electron chi connectivity index (χ1n) is 8.24. The van der Waals surface area contributed by atoms with Crippen LogP contribution in [0.25, 0.3) is 10.9 Å². The topological polar surface area (TPSA) is 74.2 Å². The molecule has 2 aromatic heterocycles. The number of pyridine rings is 1. The summed E-state index contributed by atoms with van der Waals surface area (Å²) in [5.41, 5.74) is 4.50. The Balaban J connectivity index is 1.64. The van der Waals surface area contributed by atoms with E-state index in [9.17, 15) is 9.90 Å². The van der Waals surface area contributed by atoms with E-state index in [0.29, 0.717) is 29.0 Å². The number of benzene rings is 1. The average molecular weight is 359 g/mol. The van der Waals surface area contributed by atoms with E-state index in [0.717, 1.165) is 29.9 Å². The Morgan fingerprint density at radius 3 is 3.04 bits per heavy atom. The number of aromatic amines is 1. The highest BCUT2D eigenvalue weighted by molar-refractivity contribution is 6.35.